The van der Waals surface area contributed by atoms with E-state index in [-0.39, 0.29) is 24.4 Å². The average molecular weight is 274 g/mol. The van der Waals surface area contributed by atoms with Gasteiger partial charge in [-0.25, -0.2) is 4.18 Å². The third-order valence-electron chi connectivity index (χ3n) is 1.94. The lowest BCUT2D eigenvalue weighted by molar-refractivity contribution is 0.184. The van der Waals surface area contributed by atoms with Gasteiger partial charge in [-0.1, -0.05) is 32.9 Å². The summed E-state index contributed by atoms with van der Waals surface area (Å²) in [6.45, 7) is 5.52. The van der Waals surface area contributed by atoms with Gasteiger partial charge in [0.2, 0.25) is 0 Å². The fourth-order valence-electron chi connectivity index (χ4n) is 1.04. The Kier molecular flexibility index (Phi) is 4.72. The summed E-state index contributed by atoms with van der Waals surface area (Å²) in [5.74, 6) is 0.154. The molecule has 0 saturated heterocycles. The number of aliphatic hydroxyl groups excluding tert-OH is 1. The third kappa shape index (κ3) is 5.48. The molecule has 1 aromatic carbocycles. The topological polar surface area (TPSA) is 72.8 Å². The van der Waals surface area contributed by atoms with Crippen LogP contribution in [0, 0.1) is 5.41 Å². The van der Waals surface area contributed by atoms with E-state index in [0.717, 1.165) is 0 Å². The minimum atomic E-state index is -4.05. The molecule has 0 fully saturated rings. The van der Waals surface area contributed by atoms with Crippen LogP contribution in [-0.2, 0) is 21.2 Å². The van der Waals surface area contributed by atoms with E-state index in [9.17, 15) is 8.42 Å². The van der Waals surface area contributed by atoms with Crippen LogP contribution in [0.25, 0.3) is 0 Å². The predicted molar refractivity (Wildman–Crippen MR) is 67.3 cm³/mol. The van der Waals surface area contributed by atoms with Crippen molar-refractivity contribution in [2.75, 3.05) is 6.61 Å². The summed E-state index contributed by atoms with van der Waals surface area (Å²) >= 11 is 0. The van der Waals surface area contributed by atoms with Gasteiger partial charge < -0.3 is 9.29 Å². The second-order valence-corrected chi connectivity index (χ2v) is 6.34. The molecule has 6 heteroatoms. The number of benzene rings is 1. The van der Waals surface area contributed by atoms with Crippen molar-refractivity contribution >= 4 is 10.4 Å². The average Bonchev–Trinajstić information content (AvgIpc) is 2.26. The molecule has 5 nitrogen and oxygen atoms in total. The van der Waals surface area contributed by atoms with E-state index < -0.39 is 10.4 Å². The van der Waals surface area contributed by atoms with Gasteiger partial charge in [-0.3, -0.25) is 0 Å². The monoisotopic (exact) mass is 274 g/mol. The number of hydrogen-bond donors (Lipinski definition) is 1. The lowest BCUT2D eigenvalue weighted by atomic mass is 9.99. The first kappa shape index (κ1) is 14.9. The molecule has 1 aromatic rings. The fraction of sp³-hybridized carbons (Fsp3) is 0.500. The van der Waals surface area contributed by atoms with Crippen molar-refractivity contribution in [1.82, 2.24) is 0 Å². The SMILES string of the molecule is CC(C)(C)COS(=O)(=O)Oc1ccc(CO)cc1. The van der Waals surface area contributed by atoms with Crippen LogP contribution >= 0.6 is 0 Å². The Morgan fingerprint density at radius 1 is 1.17 bits per heavy atom. The fourth-order valence-corrected chi connectivity index (χ4v) is 1.93. The number of rotatable bonds is 5. The Labute approximate surface area is 108 Å². The maximum atomic E-state index is 11.5. The minimum absolute atomic E-state index is 0.0457. The van der Waals surface area contributed by atoms with Gasteiger partial charge in [0.25, 0.3) is 0 Å². The van der Waals surface area contributed by atoms with Gasteiger partial charge >= 0.3 is 10.4 Å². The standard InChI is InChI=1S/C12H18O5S/c1-12(2,3)9-16-18(14,15)17-11-6-4-10(8-13)5-7-11/h4-7,13H,8-9H2,1-3H3. The van der Waals surface area contributed by atoms with E-state index >= 15 is 0 Å². The van der Waals surface area contributed by atoms with Gasteiger partial charge in [0.05, 0.1) is 13.2 Å². The minimum Gasteiger partial charge on any atom is -0.392 e. The van der Waals surface area contributed by atoms with Gasteiger partial charge in [0, 0.05) is 0 Å². The van der Waals surface area contributed by atoms with Gasteiger partial charge in [-0.15, -0.1) is 0 Å². The zero-order valence-electron chi connectivity index (χ0n) is 10.7. The molecule has 0 heterocycles. The van der Waals surface area contributed by atoms with Crippen molar-refractivity contribution < 1.29 is 21.9 Å². The number of hydrogen-bond acceptors (Lipinski definition) is 5. The van der Waals surface area contributed by atoms with Crippen LogP contribution in [0.3, 0.4) is 0 Å². The molecule has 0 unspecified atom stereocenters. The van der Waals surface area contributed by atoms with Gasteiger partial charge in [0.15, 0.2) is 0 Å². The van der Waals surface area contributed by atoms with E-state index in [0.29, 0.717) is 5.56 Å². The molecule has 0 aliphatic heterocycles. The Morgan fingerprint density at radius 2 is 1.72 bits per heavy atom. The molecule has 0 aliphatic carbocycles. The quantitative estimate of drug-likeness (QED) is 0.887. The molecule has 0 amide bonds. The van der Waals surface area contributed by atoms with Crippen LogP contribution in [0.1, 0.15) is 26.3 Å². The van der Waals surface area contributed by atoms with Crippen molar-refractivity contribution in [3.05, 3.63) is 29.8 Å². The number of aliphatic hydroxyl groups is 1. The molecule has 0 aliphatic rings. The van der Waals surface area contributed by atoms with Crippen LogP contribution in [0.15, 0.2) is 24.3 Å². The largest absolute Gasteiger partial charge is 0.449 e. The van der Waals surface area contributed by atoms with Gasteiger partial charge in [-0.05, 0) is 23.1 Å². The normalized spacial score (nSPS) is 12.4. The highest BCUT2D eigenvalue weighted by molar-refractivity contribution is 7.82. The summed E-state index contributed by atoms with van der Waals surface area (Å²) in [4.78, 5) is 0. The maximum absolute atomic E-state index is 11.5. The maximum Gasteiger partial charge on any atom is 0.449 e. The second-order valence-electron chi connectivity index (χ2n) is 5.12. The van der Waals surface area contributed by atoms with E-state index in [1.54, 1.807) is 12.1 Å². The highest BCUT2D eigenvalue weighted by Crippen LogP contribution is 2.18. The molecule has 1 rings (SSSR count). The smallest absolute Gasteiger partial charge is 0.392 e. The summed E-state index contributed by atoms with van der Waals surface area (Å²) in [7, 11) is -4.05. The Hall–Kier alpha value is -1.11. The van der Waals surface area contributed by atoms with Crippen LogP contribution in [0.5, 0.6) is 5.75 Å². The summed E-state index contributed by atoms with van der Waals surface area (Å²) in [5.41, 5.74) is 0.410. The lowest BCUT2D eigenvalue weighted by Gasteiger charge is -2.17. The highest BCUT2D eigenvalue weighted by Gasteiger charge is 2.19. The molecule has 0 atom stereocenters. The van der Waals surface area contributed by atoms with Crippen LogP contribution < -0.4 is 4.18 Å². The van der Waals surface area contributed by atoms with Gasteiger partial charge in [-0.2, -0.15) is 8.42 Å². The summed E-state index contributed by atoms with van der Waals surface area (Å²) in [5, 5.41) is 8.85. The van der Waals surface area contributed by atoms with Crippen molar-refractivity contribution in [3.8, 4) is 5.75 Å². The highest BCUT2D eigenvalue weighted by atomic mass is 32.3. The summed E-state index contributed by atoms with van der Waals surface area (Å²) in [6.07, 6.45) is 0. The van der Waals surface area contributed by atoms with Crippen molar-refractivity contribution in [3.63, 3.8) is 0 Å². The van der Waals surface area contributed by atoms with Crippen molar-refractivity contribution in [1.29, 1.82) is 0 Å². The van der Waals surface area contributed by atoms with Crippen LogP contribution in [0.4, 0.5) is 0 Å². The predicted octanol–water partition coefficient (Wildman–Crippen LogP) is 1.87. The second kappa shape index (κ2) is 5.69. The molecule has 0 aromatic heterocycles. The van der Waals surface area contributed by atoms with Crippen molar-refractivity contribution in [2.24, 2.45) is 5.41 Å². The molecule has 0 spiro atoms. The molecule has 18 heavy (non-hydrogen) atoms. The summed E-state index contributed by atoms with van der Waals surface area (Å²) in [6, 6.07) is 6.08. The van der Waals surface area contributed by atoms with Crippen molar-refractivity contribution in [2.45, 2.75) is 27.4 Å². The molecule has 0 saturated carbocycles. The molecule has 0 radical (unpaired) electrons. The molecule has 0 bridgehead atoms. The van der Waals surface area contributed by atoms with E-state index in [2.05, 4.69) is 0 Å². The summed E-state index contributed by atoms with van der Waals surface area (Å²) < 4.78 is 32.5. The van der Waals surface area contributed by atoms with E-state index in [1.165, 1.54) is 12.1 Å². The lowest BCUT2D eigenvalue weighted by Crippen LogP contribution is -2.21. The molecular weight excluding hydrogens is 256 g/mol. The van der Waals surface area contributed by atoms with E-state index in [4.69, 9.17) is 13.5 Å². The molecule has 102 valence electrons. The molecule has 1 N–H and O–H groups in total. The third-order valence-corrected chi connectivity index (χ3v) is 2.74. The van der Waals surface area contributed by atoms with Gasteiger partial charge in [0.1, 0.15) is 5.75 Å². The first-order valence-electron chi connectivity index (χ1n) is 5.50. The Balaban J connectivity index is 2.64. The zero-order valence-corrected chi connectivity index (χ0v) is 11.5. The first-order chi connectivity index (χ1) is 8.22. The van der Waals surface area contributed by atoms with Crippen LogP contribution in [-0.4, -0.2) is 20.1 Å². The Morgan fingerprint density at radius 3 is 2.17 bits per heavy atom. The van der Waals surface area contributed by atoms with E-state index in [1.807, 2.05) is 20.8 Å². The zero-order chi connectivity index (χ0) is 13.8. The molecular formula is C12H18O5S. The van der Waals surface area contributed by atoms with Crippen LogP contribution in [0.2, 0.25) is 0 Å². The Bertz CT molecular complexity index is 470. The first-order valence-corrected chi connectivity index (χ1v) is 6.84.